The third-order valence-corrected chi connectivity index (χ3v) is 2.79. The van der Waals surface area contributed by atoms with Crippen LogP contribution in [-0.2, 0) is 4.74 Å². The van der Waals surface area contributed by atoms with Crippen molar-refractivity contribution in [2.45, 2.75) is 32.2 Å². The lowest BCUT2D eigenvalue weighted by molar-refractivity contribution is 0.124. The van der Waals surface area contributed by atoms with Crippen LogP contribution in [0.2, 0.25) is 0 Å². The van der Waals surface area contributed by atoms with Crippen LogP contribution in [0.25, 0.3) is 0 Å². The van der Waals surface area contributed by atoms with Crippen LogP contribution >= 0.6 is 0 Å². The van der Waals surface area contributed by atoms with Gasteiger partial charge in [0.05, 0.1) is 0 Å². The molecule has 1 atom stereocenters. The van der Waals surface area contributed by atoms with Crippen molar-refractivity contribution in [2.75, 3.05) is 39.9 Å². The molecule has 1 rings (SSSR count). The Morgan fingerprint density at radius 1 is 1.43 bits per heavy atom. The van der Waals surface area contributed by atoms with E-state index in [1.165, 1.54) is 32.5 Å². The number of nitrogens with zero attached hydrogens (tertiary/aromatic N) is 1. The first-order valence-corrected chi connectivity index (χ1v) is 5.84. The molecule has 1 unspecified atom stereocenters. The molecule has 3 heteroatoms. The van der Waals surface area contributed by atoms with Crippen LogP contribution in [0.5, 0.6) is 0 Å². The fraction of sp³-hybridized carbons (Fsp3) is 1.00. The maximum atomic E-state index is 5.45. The molecule has 0 aromatic heterocycles. The Bertz CT molecular complexity index is 141. The highest BCUT2D eigenvalue weighted by Crippen LogP contribution is 2.08. The average Bonchev–Trinajstić information content (AvgIpc) is 2.65. The molecule has 1 fully saturated rings. The Hall–Kier alpha value is -0.120. The van der Waals surface area contributed by atoms with Crippen molar-refractivity contribution in [1.82, 2.24) is 10.2 Å². The minimum atomic E-state index is 0.714. The molecule has 1 saturated heterocycles. The number of hydrogen-bond donors (Lipinski definition) is 1. The molecular weight excluding hydrogens is 176 g/mol. The lowest BCUT2D eigenvalue weighted by atomic mass is 10.3. The van der Waals surface area contributed by atoms with Gasteiger partial charge in [-0.3, -0.25) is 0 Å². The zero-order chi connectivity index (χ0) is 10.2. The molecule has 14 heavy (non-hydrogen) atoms. The highest BCUT2D eigenvalue weighted by molar-refractivity contribution is 4.79. The van der Waals surface area contributed by atoms with E-state index in [9.17, 15) is 0 Å². The van der Waals surface area contributed by atoms with Crippen molar-refractivity contribution in [2.24, 2.45) is 0 Å². The number of ether oxygens (including phenoxy) is 1. The smallest absolute Gasteiger partial charge is 0.0478 e. The van der Waals surface area contributed by atoms with Gasteiger partial charge < -0.3 is 15.0 Å². The van der Waals surface area contributed by atoms with Crippen LogP contribution in [-0.4, -0.2) is 50.8 Å². The van der Waals surface area contributed by atoms with Gasteiger partial charge in [0.1, 0.15) is 0 Å². The highest BCUT2D eigenvalue weighted by Gasteiger charge is 2.19. The van der Waals surface area contributed by atoms with E-state index in [1.807, 2.05) is 0 Å². The van der Waals surface area contributed by atoms with Crippen LogP contribution in [0.15, 0.2) is 0 Å². The summed E-state index contributed by atoms with van der Waals surface area (Å²) < 4.78 is 5.45. The summed E-state index contributed by atoms with van der Waals surface area (Å²) >= 11 is 0. The first-order valence-electron chi connectivity index (χ1n) is 5.84. The topological polar surface area (TPSA) is 24.5 Å². The first kappa shape index (κ1) is 12.0. The lowest BCUT2D eigenvalue weighted by Gasteiger charge is -2.15. The predicted molar refractivity (Wildman–Crippen MR) is 59.6 cm³/mol. The summed E-state index contributed by atoms with van der Waals surface area (Å²) in [4.78, 5) is 2.52. The summed E-state index contributed by atoms with van der Waals surface area (Å²) in [6, 6.07) is 0.714. The maximum absolute atomic E-state index is 5.45. The van der Waals surface area contributed by atoms with E-state index in [1.54, 1.807) is 0 Å². The van der Waals surface area contributed by atoms with E-state index in [4.69, 9.17) is 4.74 Å². The lowest BCUT2D eigenvalue weighted by Crippen LogP contribution is -2.30. The minimum absolute atomic E-state index is 0.714. The van der Waals surface area contributed by atoms with Gasteiger partial charge in [-0.1, -0.05) is 6.92 Å². The zero-order valence-corrected chi connectivity index (χ0v) is 9.59. The van der Waals surface area contributed by atoms with E-state index in [-0.39, 0.29) is 0 Å². The standard InChI is InChI=1S/C11H24N2O/c1-3-8-14-9-4-6-13-7-5-11(10-13)12-2/h11-12H,3-10H2,1-2H3. The van der Waals surface area contributed by atoms with Gasteiger partial charge in [0.2, 0.25) is 0 Å². The van der Waals surface area contributed by atoms with Gasteiger partial charge in [0.25, 0.3) is 0 Å². The van der Waals surface area contributed by atoms with Gasteiger partial charge in [-0.05, 0) is 32.9 Å². The van der Waals surface area contributed by atoms with Crippen LogP contribution in [0.1, 0.15) is 26.2 Å². The molecule has 0 spiro atoms. The second-order valence-electron chi connectivity index (χ2n) is 4.04. The summed E-state index contributed by atoms with van der Waals surface area (Å²) in [5.74, 6) is 0. The Balaban J connectivity index is 1.92. The second kappa shape index (κ2) is 7.21. The summed E-state index contributed by atoms with van der Waals surface area (Å²) in [6.45, 7) is 7.65. The number of rotatable bonds is 7. The number of hydrogen-bond acceptors (Lipinski definition) is 3. The van der Waals surface area contributed by atoms with Gasteiger partial charge >= 0.3 is 0 Å². The molecule has 0 aliphatic carbocycles. The molecule has 84 valence electrons. The third-order valence-electron chi connectivity index (χ3n) is 2.79. The van der Waals surface area contributed by atoms with E-state index >= 15 is 0 Å². The molecule has 0 saturated carbocycles. The van der Waals surface area contributed by atoms with Gasteiger partial charge in [-0.2, -0.15) is 0 Å². The molecule has 0 radical (unpaired) electrons. The predicted octanol–water partition coefficient (Wildman–Crippen LogP) is 1.10. The average molecular weight is 200 g/mol. The summed E-state index contributed by atoms with van der Waals surface area (Å²) in [5.41, 5.74) is 0. The summed E-state index contributed by atoms with van der Waals surface area (Å²) in [7, 11) is 2.05. The summed E-state index contributed by atoms with van der Waals surface area (Å²) in [5, 5.41) is 3.33. The van der Waals surface area contributed by atoms with Gasteiger partial charge in [0.15, 0.2) is 0 Å². The largest absolute Gasteiger partial charge is 0.381 e. The normalized spacial score (nSPS) is 23.1. The second-order valence-corrected chi connectivity index (χ2v) is 4.04. The molecule has 0 amide bonds. The molecular formula is C11H24N2O. The number of nitrogens with one attached hydrogen (secondary N) is 1. The van der Waals surface area contributed by atoms with Gasteiger partial charge in [-0.25, -0.2) is 0 Å². The fourth-order valence-corrected chi connectivity index (χ4v) is 1.91. The quantitative estimate of drug-likeness (QED) is 0.623. The van der Waals surface area contributed by atoms with Crippen molar-refractivity contribution in [3.05, 3.63) is 0 Å². The van der Waals surface area contributed by atoms with Crippen LogP contribution in [0.3, 0.4) is 0 Å². The molecule has 0 bridgehead atoms. The Labute approximate surface area is 87.8 Å². The van der Waals surface area contributed by atoms with Crippen molar-refractivity contribution < 1.29 is 4.74 Å². The zero-order valence-electron chi connectivity index (χ0n) is 9.59. The Morgan fingerprint density at radius 2 is 2.29 bits per heavy atom. The third kappa shape index (κ3) is 4.40. The number of likely N-dealkylation sites (tertiary alicyclic amines) is 1. The van der Waals surface area contributed by atoms with Crippen molar-refractivity contribution >= 4 is 0 Å². The molecule has 0 aromatic rings. The highest BCUT2D eigenvalue weighted by atomic mass is 16.5. The van der Waals surface area contributed by atoms with E-state index in [0.29, 0.717) is 6.04 Å². The molecule has 1 N–H and O–H groups in total. The van der Waals surface area contributed by atoms with E-state index < -0.39 is 0 Å². The van der Waals surface area contributed by atoms with Crippen LogP contribution in [0, 0.1) is 0 Å². The molecule has 1 aliphatic heterocycles. The van der Waals surface area contributed by atoms with Crippen LogP contribution in [0.4, 0.5) is 0 Å². The monoisotopic (exact) mass is 200 g/mol. The van der Waals surface area contributed by atoms with E-state index in [0.717, 1.165) is 19.6 Å². The number of likely N-dealkylation sites (N-methyl/N-ethyl adjacent to an activating group) is 1. The van der Waals surface area contributed by atoms with Crippen molar-refractivity contribution in [3.63, 3.8) is 0 Å². The van der Waals surface area contributed by atoms with Crippen molar-refractivity contribution in [1.29, 1.82) is 0 Å². The molecule has 0 aromatic carbocycles. The SMILES string of the molecule is CCCOCCCN1CCC(NC)C1. The van der Waals surface area contributed by atoms with Crippen LogP contribution < -0.4 is 5.32 Å². The molecule has 1 aliphatic rings. The Morgan fingerprint density at radius 3 is 2.93 bits per heavy atom. The van der Waals surface area contributed by atoms with Gasteiger partial charge in [0, 0.05) is 32.3 Å². The summed E-state index contributed by atoms with van der Waals surface area (Å²) in [6.07, 6.45) is 3.61. The maximum Gasteiger partial charge on any atom is 0.0478 e. The fourth-order valence-electron chi connectivity index (χ4n) is 1.91. The van der Waals surface area contributed by atoms with Crippen molar-refractivity contribution in [3.8, 4) is 0 Å². The minimum Gasteiger partial charge on any atom is -0.381 e. The van der Waals surface area contributed by atoms with Gasteiger partial charge in [-0.15, -0.1) is 0 Å². The molecule has 1 heterocycles. The molecule has 3 nitrogen and oxygen atoms in total. The first-order chi connectivity index (χ1) is 6.86. The Kier molecular flexibility index (Phi) is 6.15. The van der Waals surface area contributed by atoms with E-state index in [2.05, 4.69) is 24.2 Å².